The van der Waals surface area contributed by atoms with Gasteiger partial charge in [-0.1, -0.05) is 5.16 Å². The summed E-state index contributed by atoms with van der Waals surface area (Å²) in [5, 5.41) is 6.72. The molecule has 16 heavy (non-hydrogen) atoms. The van der Waals surface area contributed by atoms with Gasteiger partial charge in [-0.2, -0.15) is 4.98 Å². The number of aryl methyl sites for hydroxylation is 2. The van der Waals surface area contributed by atoms with Crippen LogP contribution >= 0.6 is 0 Å². The van der Waals surface area contributed by atoms with Crippen molar-refractivity contribution >= 4 is 5.82 Å². The van der Waals surface area contributed by atoms with Gasteiger partial charge in [-0.25, -0.2) is 9.97 Å². The second-order valence-corrected chi connectivity index (χ2v) is 3.45. The van der Waals surface area contributed by atoms with E-state index in [1.54, 1.807) is 0 Å². The minimum Gasteiger partial charge on any atom is -0.369 e. The van der Waals surface area contributed by atoms with Gasteiger partial charge in [0.1, 0.15) is 11.6 Å². The fourth-order valence-electron chi connectivity index (χ4n) is 1.41. The molecule has 84 valence electrons. The van der Waals surface area contributed by atoms with Gasteiger partial charge < -0.3 is 9.84 Å². The van der Waals surface area contributed by atoms with E-state index < -0.39 is 0 Å². The summed E-state index contributed by atoms with van der Waals surface area (Å²) in [5.41, 5.74) is 0.952. The number of hydrogen-bond donors (Lipinski definition) is 1. The Morgan fingerprint density at radius 2 is 2.19 bits per heavy atom. The average molecular weight is 219 g/mol. The van der Waals surface area contributed by atoms with Gasteiger partial charge in [-0.05, 0) is 13.8 Å². The van der Waals surface area contributed by atoms with Crippen LogP contribution in [0.2, 0.25) is 0 Å². The summed E-state index contributed by atoms with van der Waals surface area (Å²) in [4.78, 5) is 12.4. The molecule has 0 aliphatic heterocycles. The second-order valence-electron chi connectivity index (χ2n) is 3.45. The van der Waals surface area contributed by atoms with Crippen LogP contribution in [0.25, 0.3) is 0 Å². The third kappa shape index (κ3) is 2.75. The van der Waals surface area contributed by atoms with Crippen molar-refractivity contribution in [1.29, 1.82) is 0 Å². The fraction of sp³-hybridized carbons (Fsp3) is 0.400. The summed E-state index contributed by atoms with van der Waals surface area (Å²) < 4.78 is 4.89. The highest BCUT2D eigenvalue weighted by Gasteiger charge is 2.00. The van der Waals surface area contributed by atoms with E-state index in [9.17, 15) is 0 Å². The van der Waals surface area contributed by atoms with Gasteiger partial charge >= 0.3 is 0 Å². The molecule has 0 aliphatic rings. The van der Waals surface area contributed by atoms with Gasteiger partial charge in [0.2, 0.25) is 5.89 Å². The summed E-state index contributed by atoms with van der Waals surface area (Å²) in [5.74, 6) is 2.21. The van der Waals surface area contributed by atoms with Crippen LogP contribution in [0.3, 0.4) is 0 Å². The lowest BCUT2D eigenvalue weighted by Crippen LogP contribution is -2.08. The van der Waals surface area contributed by atoms with Crippen molar-refractivity contribution in [3.8, 4) is 0 Å². The van der Waals surface area contributed by atoms with Gasteiger partial charge in [0, 0.05) is 24.7 Å². The number of nitrogens with zero attached hydrogens (tertiary/aromatic N) is 4. The number of hydrogen-bond acceptors (Lipinski definition) is 6. The Balaban J connectivity index is 1.89. The lowest BCUT2D eigenvalue weighted by atomic mass is 10.4. The molecule has 2 aromatic heterocycles. The van der Waals surface area contributed by atoms with Gasteiger partial charge in [0.15, 0.2) is 6.33 Å². The molecular formula is C10H13N5O. The van der Waals surface area contributed by atoms with Crippen molar-refractivity contribution in [3.63, 3.8) is 0 Å². The fourth-order valence-corrected chi connectivity index (χ4v) is 1.41. The zero-order valence-corrected chi connectivity index (χ0v) is 9.27. The van der Waals surface area contributed by atoms with Gasteiger partial charge in [-0.3, -0.25) is 0 Å². The largest absolute Gasteiger partial charge is 0.369 e. The van der Waals surface area contributed by atoms with Crippen molar-refractivity contribution < 1.29 is 4.52 Å². The zero-order valence-electron chi connectivity index (χ0n) is 9.27. The zero-order chi connectivity index (χ0) is 11.4. The summed E-state index contributed by atoms with van der Waals surface area (Å²) >= 11 is 0. The monoisotopic (exact) mass is 219 g/mol. The first kappa shape index (κ1) is 10.5. The summed E-state index contributed by atoms with van der Waals surface area (Å²) in [6.45, 7) is 4.52. The Labute approximate surface area is 93.1 Å². The van der Waals surface area contributed by atoms with Crippen molar-refractivity contribution in [1.82, 2.24) is 20.1 Å². The SMILES string of the molecule is Cc1cc(NCCc2ncno2)nc(C)n1. The normalized spacial score (nSPS) is 10.4. The lowest BCUT2D eigenvalue weighted by molar-refractivity contribution is 0.379. The van der Waals surface area contributed by atoms with Crippen LogP contribution in [0.1, 0.15) is 17.4 Å². The first-order valence-corrected chi connectivity index (χ1v) is 5.06. The Kier molecular flexibility index (Phi) is 3.09. The molecule has 2 heterocycles. The number of anilines is 1. The number of rotatable bonds is 4. The summed E-state index contributed by atoms with van der Waals surface area (Å²) in [6.07, 6.45) is 2.08. The molecule has 0 saturated heterocycles. The molecule has 6 nitrogen and oxygen atoms in total. The molecule has 0 unspecified atom stereocenters. The Morgan fingerprint density at radius 3 is 2.88 bits per heavy atom. The van der Waals surface area contributed by atoms with Gasteiger partial charge in [0.05, 0.1) is 0 Å². The van der Waals surface area contributed by atoms with E-state index >= 15 is 0 Å². The van der Waals surface area contributed by atoms with E-state index in [4.69, 9.17) is 4.52 Å². The second kappa shape index (κ2) is 4.69. The molecule has 0 aliphatic carbocycles. The Morgan fingerprint density at radius 1 is 1.31 bits per heavy atom. The molecule has 6 heteroatoms. The number of nitrogens with one attached hydrogen (secondary N) is 1. The third-order valence-corrected chi connectivity index (χ3v) is 2.02. The van der Waals surface area contributed by atoms with Crippen LogP contribution in [-0.4, -0.2) is 26.7 Å². The molecule has 2 rings (SSSR count). The predicted molar refractivity (Wildman–Crippen MR) is 58.0 cm³/mol. The van der Waals surface area contributed by atoms with Crippen molar-refractivity contribution in [3.05, 3.63) is 29.8 Å². The maximum Gasteiger partial charge on any atom is 0.228 e. The topological polar surface area (TPSA) is 76.7 Å². The Bertz CT molecular complexity index is 434. The summed E-state index contributed by atoms with van der Waals surface area (Å²) in [6, 6.07) is 1.90. The van der Waals surface area contributed by atoms with E-state index in [1.807, 2.05) is 19.9 Å². The molecule has 0 fully saturated rings. The van der Waals surface area contributed by atoms with E-state index in [-0.39, 0.29) is 0 Å². The molecule has 0 atom stereocenters. The van der Waals surface area contributed by atoms with E-state index in [0.29, 0.717) is 18.9 Å². The van der Waals surface area contributed by atoms with Crippen molar-refractivity contribution in [2.24, 2.45) is 0 Å². The van der Waals surface area contributed by atoms with Crippen LogP contribution in [0.5, 0.6) is 0 Å². The van der Waals surface area contributed by atoms with Crippen LogP contribution in [0, 0.1) is 13.8 Å². The first-order chi connectivity index (χ1) is 7.74. The molecule has 0 radical (unpaired) electrons. The van der Waals surface area contributed by atoms with Gasteiger partial charge in [-0.15, -0.1) is 0 Å². The van der Waals surface area contributed by atoms with Crippen molar-refractivity contribution in [2.75, 3.05) is 11.9 Å². The third-order valence-electron chi connectivity index (χ3n) is 2.02. The molecule has 0 aromatic carbocycles. The van der Waals surface area contributed by atoms with E-state index in [2.05, 4.69) is 25.4 Å². The molecule has 0 spiro atoms. The molecule has 0 bridgehead atoms. The minimum atomic E-state index is 0.620. The van der Waals surface area contributed by atoms with Crippen LogP contribution < -0.4 is 5.32 Å². The van der Waals surface area contributed by atoms with Crippen LogP contribution in [-0.2, 0) is 6.42 Å². The highest BCUT2D eigenvalue weighted by atomic mass is 16.5. The van der Waals surface area contributed by atoms with Crippen LogP contribution in [0.15, 0.2) is 16.9 Å². The molecular weight excluding hydrogens is 206 g/mol. The summed E-state index contributed by atoms with van der Waals surface area (Å²) in [7, 11) is 0. The van der Waals surface area contributed by atoms with E-state index in [0.717, 1.165) is 17.3 Å². The standard InChI is InChI=1S/C10H13N5O/c1-7-5-9(15-8(2)14-7)11-4-3-10-12-6-13-16-10/h5-6H,3-4H2,1-2H3,(H,11,14,15). The van der Waals surface area contributed by atoms with E-state index in [1.165, 1.54) is 6.33 Å². The average Bonchev–Trinajstić information content (AvgIpc) is 2.69. The first-order valence-electron chi connectivity index (χ1n) is 5.06. The number of aromatic nitrogens is 4. The van der Waals surface area contributed by atoms with Crippen molar-refractivity contribution in [2.45, 2.75) is 20.3 Å². The predicted octanol–water partition coefficient (Wildman–Crippen LogP) is 1.13. The Hall–Kier alpha value is -1.98. The maximum atomic E-state index is 4.89. The molecule has 2 aromatic rings. The molecule has 0 amide bonds. The highest BCUT2D eigenvalue weighted by Crippen LogP contribution is 2.05. The molecule has 1 N–H and O–H groups in total. The maximum absolute atomic E-state index is 4.89. The molecule has 0 saturated carbocycles. The van der Waals surface area contributed by atoms with Gasteiger partial charge in [0.25, 0.3) is 0 Å². The minimum absolute atomic E-state index is 0.620. The van der Waals surface area contributed by atoms with Crippen LogP contribution in [0.4, 0.5) is 5.82 Å². The quantitative estimate of drug-likeness (QED) is 0.830. The lowest BCUT2D eigenvalue weighted by Gasteiger charge is -2.05. The highest BCUT2D eigenvalue weighted by molar-refractivity contribution is 5.35. The smallest absolute Gasteiger partial charge is 0.228 e.